The molecule has 0 spiro atoms. The van der Waals surface area contributed by atoms with Gasteiger partial charge in [0, 0.05) is 62.0 Å². The summed E-state index contributed by atoms with van der Waals surface area (Å²) in [6.45, 7) is 6.82. The van der Waals surface area contributed by atoms with Crippen LogP contribution in [0.1, 0.15) is 0 Å². The van der Waals surface area contributed by atoms with Gasteiger partial charge in [0.1, 0.15) is 17.2 Å². The van der Waals surface area contributed by atoms with Gasteiger partial charge in [0.05, 0.1) is 11.1 Å². The molecule has 0 saturated carbocycles. The number of rotatable bonds is 9. The van der Waals surface area contributed by atoms with E-state index in [4.69, 9.17) is 14.9 Å². The Morgan fingerprint density at radius 2 is 1.73 bits per heavy atom. The van der Waals surface area contributed by atoms with Gasteiger partial charge >= 0.3 is 11.9 Å². The Bertz CT molecular complexity index is 1680. The largest absolute Gasteiger partial charge is 0.478 e. The number of anilines is 4. The highest BCUT2D eigenvalue weighted by Gasteiger charge is 2.18. The molecule has 2 aromatic heterocycles. The minimum absolute atomic E-state index is 0.253. The lowest BCUT2D eigenvalue weighted by atomic mass is 10.2. The third-order valence-electron chi connectivity index (χ3n) is 6.30. The smallest absolute Gasteiger partial charge is 0.328 e. The van der Waals surface area contributed by atoms with Gasteiger partial charge in [-0.1, -0.05) is 12.6 Å². The van der Waals surface area contributed by atoms with Crippen LogP contribution in [0.15, 0.2) is 79.5 Å². The number of hydrogen-bond donors (Lipinski definition) is 5. The molecule has 228 valence electrons. The van der Waals surface area contributed by atoms with E-state index in [0.717, 1.165) is 26.2 Å². The minimum Gasteiger partial charge on any atom is -0.478 e. The van der Waals surface area contributed by atoms with Crippen molar-refractivity contribution in [1.29, 1.82) is 0 Å². The number of aliphatic carboxylic acids is 2. The predicted molar refractivity (Wildman–Crippen MR) is 163 cm³/mol. The molecular weight excluding hydrogens is 573 g/mol. The maximum atomic E-state index is 15.0. The van der Waals surface area contributed by atoms with Gasteiger partial charge in [-0.15, -0.1) is 0 Å². The number of carbonyl (C=O) groups is 3. The number of carbonyl (C=O) groups excluding carboxylic acids is 1. The number of nitrogens with zero attached hydrogens (tertiary/aromatic N) is 4. The number of carboxylic acid groups (broad SMARTS) is 2. The predicted octanol–water partition coefficient (Wildman–Crippen LogP) is 4.22. The molecule has 1 saturated heterocycles. The highest BCUT2D eigenvalue weighted by molar-refractivity contribution is 5.99. The Labute approximate surface area is 251 Å². The van der Waals surface area contributed by atoms with E-state index in [1.54, 1.807) is 36.5 Å². The summed E-state index contributed by atoms with van der Waals surface area (Å²) in [5.74, 6) is -2.10. The van der Waals surface area contributed by atoms with Crippen LogP contribution in [0.3, 0.4) is 0 Å². The first-order chi connectivity index (χ1) is 21.1. The van der Waals surface area contributed by atoms with E-state index in [-0.39, 0.29) is 17.7 Å². The molecular formula is C30H30FN7O6. The molecule has 1 aliphatic heterocycles. The molecule has 5 N–H and O–H groups in total. The van der Waals surface area contributed by atoms with E-state index < -0.39 is 11.9 Å². The molecule has 0 bridgehead atoms. The zero-order chi connectivity index (χ0) is 31.6. The summed E-state index contributed by atoms with van der Waals surface area (Å²) in [6, 6.07) is 13.8. The van der Waals surface area contributed by atoms with Gasteiger partial charge in [0.15, 0.2) is 0 Å². The number of aromatic nitrogens is 3. The van der Waals surface area contributed by atoms with Crippen LogP contribution in [-0.4, -0.2) is 81.1 Å². The number of aromatic amines is 1. The number of H-pyrrole nitrogens is 1. The molecule has 13 nitrogen and oxygen atoms in total. The van der Waals surface area contributed by atoms with E-state index in [9.17, 15) is 18.8 Å². The van der Waals surface area contributed by atoms with Crippen molar-refractivity contribution in [2.75, 3.05) is 48.8 Å². The van der Waals surface area contributed by atoms with Crippen LogP contribution < -0.4 is 20.3 Å². The number of amides is 1. The van der Waals surface area contributed by atoms with Crippen molar-refractivity contribution in [3.63, 3.8) is 0 Å². The fraction of sp³-hybridized carbons (Fsp3) is 0.167. The number of benzene rings is 2. The van der Waals surface area contributed by atoms with Crippen LogP contribution in [0.5, 0.6) is 11.6 Å². The molecule has 5 rings (SSSR count). The first kappa shape index (κ1) is 31.2. The second-order valence-corrected chi connectivity index (χ2v) is 9.51. The second-order valence-electron chi connectivity index (χ2n) is 9.51. The molecule has 1 fully saturated rings. The molecule has 0 aliphatic carbocycles. The number of nitrogens with one attached hydrogen (secondary N) is 3. The first-order valence-corrected chi connectivity index (χ1v) is 13.3. The lowest BCUT2D eigenvalue weighted by Crippen LogP contribution is -2.44. The summed E-state index contributed by atoms with van der Waals surface area (Å²) in [5.41, 5.74) is 2.23. The van der Waals surface area contributed by atoms with Crippen LogP contribution >= 0.6 is 0 Å². The Kier molecular flexibility index (Phi) is 10.2. The number of hydrogen-bond acceptors (Lipinski definition) is 9. The van der Waals surface area contributed by atoms with Crippen LogP contribution in [0, 0.1) is 5.82 Å². The number of fused-ring (bicyclic) bond motifs is 1. The van der Waals surface area contributed by atoms with Gasteiger partial charge in [0.2, 0.25) is 17.7 Å². The Hall–Kier alpha value is -5.76. The second kappa shape index (κ2) is 14.4. The van der Waals surface area contributed by atoms with Crippen molar-refractivity contribution in [3.8, 4) is 11.6 Å². The van der Waals surface area contributed by atoms with Crippen LogP contribution in [0.2, 0.25) is 0 Å². The van der Waals surface area contributed by atoms with E-state index in [2.05, 4.69) is 49.0 Å². The zero-order valence-electron chi connectivity index (χ0n) is 23.7. The molecule has 1 amide bonds. The van der Waals surface area contributed by atoms with Gasteiger partial charge in [-0.25, -0.2) is 14.0 Å². The first-order valence-electron chi connectivity index (χ1n) is 13.3. The molecule has 14 heteroatoms. The number of piperazine rings is 1. The van der Waals surface area contributed by atoms with Gasteiger partial charge in [0.25, 0.3) is 0 Å². The molecule has 4 aromatic rings. The van der Waals surface area contributed by atoms with Crippen molar-refractivity contribution < 1.29 is 33.7 Å². The molecule has 3 heterocycles. The fourth-order valence-electron chi connectivity index (χ4n) is 4.15. The van der Waals surface area contributed by atoms with Crippen LogP contribution in [0.25, 0.3) is 11.0 Å². The van der Waals surface area contributed by atoms with Gasteiger partial charge in [-0.3, -0.25) is 4.79 Å². The van der Waals surface area contributed by atoms with Crippen molar-refractivity contribution in [1.82, 2.24) is 19.9 Å². The number of ether oxygens (including phenoxy) is 1. The summed E-state index contributed by atoms with van der Waals surface area (Å²) >= 11 is 0. The molecule has 0 unspecified atom stereocenters. The number of carboxylic acids is 2. The third kappa shape index (κ3) is 8.62. The maximum absolute atomic E-state index is 15.0. The summed E-state index contributed by atoms with van der Waals surface area (Å²) < 4.78 is 21.0. The average Bonchev–Trinajstić information content (AvgIpc) is 3.46. The van der Waals surface area contributed by atoms with Gasteiger partial charge in [-0.2, -0.15) is 9.97 Å². The zero-order valence-corrected chi connectivity index (χ0v) is 23.7. The summed E-state index contributed by atoms with van der Waals surface area (Å²) in [4.78, 5) is 47.1. The highest BCUT2D eigenvalue weighted by atomic mass is 19.1. The minimum atomic E-state index is -1.26. The molecule has 0 atom stereocenters. The SMILES string of the molecule is C=CC(=O)Nc1cccc(Oc2nc(Nc3ccc(N4CCN(C)CC4)c(F)c3)nc3[nH]ccc23)c1.O=C(O)/C=C/C(=O)O. The normalized spacial score (nSPS) is 13.2. The summed E-state index contributed by atoms with van der Waals surface area (Å²) in [7, 11) is 2.07. The van der Waals surface area contributed by atoms with Crippen molar-refractivity contribution in [2.45, 2.75) is 0 Å². The molecule has 1 aliphatic rings. The van der Waals surface area contributed by atoms with Gasteiger partial charge < -0.3 is 40.4 Å². The van der Waals surface area contributed by atoms with Crippen molar-refractivity contribution >= 4 is 51.9 Å². The highest BCUT2D eigenvalue weighted by Crippen LogP contribution is 2.31. The average molecular weight is 604 g/mol. The topological polar surface area (TPSA) is 173 Å². The van der Waals surface area contributed by atoms with E-state index in [1.807, 2.05) is 12.1 Å². The Balaban J connectivity index is 0.000000488. The standard InChI is InChI=1S/C26H26FN7O2.C4H4O4/c1-3-23(35)29-17-5-4-6-19(15-17)36-25-20-9-10-28-24(20)31-26(32-25)30-18-7-8-22(21(27)16-18)34-13-11-33(2)12-14-34;5-3(6)1-2-4(7)8/h3-10,15-16H,1,11-14H2,2H3,(H,29,35)(H2,28,30,31,32);1-2H,(H,5,6)(H,7,8)/b;2-1+. The van der Waals surface area contributed by atoms with Crippen molar-refractivity contribution in [2.24, 2.45) is 0 Å². The Morgan fingerprint density at radius 1 is 1.00 bits per heavy atom. The lowest BCUT2D eigenvalue weighted by molar-refractivity contribution is -0.134. The summed E-state index contributed by atoms with van der Waals surface area (Å²) in [6.07, 6.45) is 4.05. The number of likely N-dealkylation sites (N-methyl/N-ethyl adjacent to an activating group) is 1. The quantitative estimate of drug-likeness (QED) is 0.173. The van der Waals surface area contributed by atoms with Gasteiger partial charge in [-0.05, 0) is 49.5 Å². The Morgan fingerprint density at radius 3 is 2.39 bits per heavy atom. The third-order valence-corrected chi connectivity index (χ3v) is 6.30. The van der Waals surface area contributed by atoms with E-state index in [0.29, 0.717) is 51.9 Å². The fourth-order valence-corrected chi connectivity index (χ4v) is 4.15. The van der Waals surface area contributed by atoms with Crippen molar-refractivity contribution in [3.05, 3.63) is 85.4 Å². The summed E-state index contributed by atoms with van der Waals surface area (Å²) in [5, 5.41) is 22.1. The molecule has 2 aromatic carbocycles. The monoisotopic (exact) mass is 603 g/mol. The van der Waals surface area contributed by atoms with E-state index >= 15 is 0 Å². The van der Waals surface area contributed by atoms with Crippen LogP contribution in [-0.2, 0) is 14.4 Å². The number of halogens is 1. The van der Waals surface area contributed by atoms with Crippen LogP contribution in [0.4, 0.5) is 27.4 Å². The molecule has 44 heavy (non-hydrogen) atoms. The molecule has 0 radical (unpaired) electrons. The maximum Gasteiger partial charge on any atom is 0.328 e. The van der Waals surface area contributed by atoms with E-state index in [1.165, 1.54) is 12.1 Å². The lowest BCUT2D eigenvalue weighted by Gasteiger charge is -2.34.